The number of aliphatic hydroxyl groups is 1. The van der Waals surface area contributed by atoms with Crippen LogP contribution in [0.1, 0.15) is 82.8 Å². The van der Waals surface area contributed by atoms with Crippen LogP contribution in [0.5, 0.6) is 0 Å². The predicted molar refractivity (Wildman–Crippen MR) is 158 cm³/mol. The molecule has 4 aliphatic carbocycles. The Bertz CT molecular complexity index is 1540. The summed E-state index contributed by atoms with van der Waals surface area (Å²) in [5.41, 5.74) is -0.210. The maximum absolute atomic E-state index is 15.3. The molecule has 0 aromatic heterocycles. The molecule has 3 unspecified atom stereocenters. The molecule has 1 aliphatic heterocycles. The van der Waals surface area contributed by atoms with E-state index in [0.717, 1.165) is 22.3 Å². The summed E-state index contributed by atoms with van der Waals surface area (Å²) in [7, 11) is 0. The summed E-state index contributed by atoms with van der Waals surface area (Å²) in [5.74, 6) is -1.58. The third-order valence-corrected chi connectivity index (χ3v) is 11.1. The monoisotopic (exact) mass is 627 g/mol. The minimum absolute atomic E-state index is 0.0370. The number of rotatable bonds is 2. The lowest BCUT2D eigenvalue weighted by atomic mass is 9.50. The number of nitriles is 1. The Labute approximate surface area is 261 Å². The lowest BCUT2D eigenvalue weighted by Crippen LogP contribution is -2.65. The van der Waals surface area contributed by atoms with Crippen molar-refractivity contribution in [1.29, 1.82) is 5.26 Å². The molecule has 4 nitrogen and oxygen atoms in total. The number of ether oxygens (including phenoxy) is 2. The second kappa shape index (κ2) is 10.8. The molecule has 45 heavy (non-hydrogen) atoms. The number of alkyl halides is 5. The zero-order chi connectivity index (χ0) is 32.5. The van der Waals surface area contributed by atoms with Crippen LogP contribution in [-0.2, 0) is 9.47 Å². The number of halogens is 5. The molecule has 3 fully saturated rings. The highest BCUT2D eigenvalue weighted by atomic mass is 19.4. The van der Waals surface area contributed by atoms with E-state index in [1.54, 1.807) is 12.1 Å². The smallest absolute Gasteiger partial charge is 0.383 e. The normalized spacial score (nSPS) is 33.9. The number of benzene rings is 1. The summed E-state index contributed by atoms with van der Waals surface area (Å²) in [6.45, 7) is 6.74. The Kier molecular flexibility index (Phi) is 7.67. The van der Waals surface area contributed by atoms with Crippen molar-refractivity contribution in [2.45, 2.75) is 95.1 Å². The molecular formula is C36H38F5NO3. The SMILES string of the molecule is CC1(C)COC2(C=C3CCC4C(=C3CC2)[C@@H](c2ccc(C#C/C=C\C#N)cc2)C[C@@]2(C)C4CCC2(O)C(F)(F)C(F)(F)F)OC1. The first-order valence-electron chi connectivity index (χ1n) is 15.6. The van der Waals surface area contributed by atoms with Gasteiger partial charge in [-0.3, -0.25) is 0 Å². The van der Waals surface area contributed by atoms with E-state index in [0.29, 0.717) is 44.5 Å². The van der Waals surface area contributed by atoms with E-state index in [4.69, 9.17) is 14.7 Å². The van der Waals surface area contributed by atoms with Crippen LogP contribution >= 0.6 is 0 Å². The first-order chi connectivity index (χ1) is 21.1. The van der Waals surface area contributed by atoms with Crippen molar-refractivity contribution in [3.8, 4) is 17.9 Å². The van der Waals surface area contributed by atoms with Gasteiger partial charge in [-0.2, -0.15) is 27.2 Å². The molecule has 5 atom stereocenters. The van der Waals surface area contributed by atoms with Crippen LogP contribution in [0.2, 0.25) is 0 Å². The molecule has 1 aromatic rings. The van der Waals surface area contributed by atoms with E-state index in [9.17, 15) is 18.3 Å². The van der Waals surface area contributed by atoms with E-state index < -0.39 is 47.2 Å². The number of fused-ring (bicyclic) bond motifs is 4. The van der Waals surface area contributed by atoms with Gasteiger partial charge in [-0.05, 0) is 91.4 Å². The summed E-state index contributed by atoms with van der Waals surface area (Å²) < 4.78 is 84.7. The van der Waals surface area contributed by atoms with Gasteiger partial charge in [-0.15, -0.1) is 0 Å². The molecular weight excluding hydrogens is 589 g/mol. The quantitative estimate of drug-likeness (QED) is 0.204. The van der Waals surface area contributed by atoms with Crippen molar-refractivity contribution in [3.63, 3.8) is 0 Å². The molecule has 1 spiro atoms. The van der Waals surface area contributed by atoms with Crippen LogP contribution in [-0.4, -0.2) is 41.8 Å². The van der Waals surface area contributed by atoms with Crippen molar-refractivity contribution in [1.82, 2.24) is 0 Å². The van der Waals surface area contributed by atoms with Crippen LogP contribution in [0.25, 0.3) is 0 Å². The second-order valence-corrected chi connectivity index (χ2v) is 14.4. The third-order valence-electron chi connectivity index (χ3n) is 11.1. The van der Waals surface area contributed by atoms with Gasteiger partial charge in [-0.25, -0.2) is 0 Å². The average Bonchev–Trinajstić information content (AvgIpc) is 3.27. The summed E-state index contributed by atoms with van der Waals surface area (Å²) in [6, 6.07) is 9.17. The zero-order valence-corrected chi connectivity index (χ0v) is 25.7. The fourth-order valence-corrected chi connectivity index (χ4v) is 8.79. The number of hydrogen-bond donors (Lipinski definition) is 1. The maximum atomic E-state index is 15.3. The van der Waals surface area contributed by atoms with Gasteiger partial charge in [0, 0.05) is 34.8 Å². The van der Waals surface area contributed by atoms with E-state index >= 15 is 8.78 Å². The standard InChI is InChI=1S/C36H38F5NO3/c1-31(2)21-44-33(45-22-31)16-14-26-25(19-33)12-13-27-29-15-17-34(43,35(37,38)36(39,40)41)32(29,3)20-28(30(26)27)24-10-8-23(9-11-24)7-5-4-6-18-42/h4,6,8-11,19,27-29,43H,12-17,20-22H2,1-3H3/b6-4-/t27?,28-,29?,32+,34?/m1/s1. The van der Waals surface area contributed by atoms with Crippen molar-refractivity contribution >= 4 is 0 Å². The predicted octanol–water partition coefficient (Wildman–Crippen LogP) is 8.15. The van der Waals surface area contributed by atoms with Gasteiger partial charge in [0.15, 0.2) is 5.79 Å². The largest absolute Gasteiger partial charge is 0.456 e. The van der Waals surface area contributed by atoms with Crippen LogP contribution < -0.4 is 0 Å². The fourth-order valence-electron chi connectivity index (χ4n) is 8.79. The Morgan fingerprint density at radius 1 is 0.956 bits per heavy atom. The average molecular weight is 628 g/mol. The van der Waals surface area contributed by atoms with E-state index in [1.165, 1.54) is 19.1 Å². The van der Waals surface area contributed by atoms with Gasteiger partial charge in [0.2, 0.25) is 0 Å². The molecule has 240 valence electrons. The van der Waals surface area contributed by atoms with Crippen LogP contribution in [0.3, 0.4) is 0 Å². The van der Waals surface area contributed by atoms with Gasteiger partial charge in [0.05, 0.1) is 19.3 Å². The molecule has 1 saturated heterocycles. The van der Waals surface area contributed by atoms with Gasteiger partial charge < -0.3 is 14.6 Å². The van der Waals surface area contributed by atoms with E-state index in [1.807, 2.05) is 18.2 Å². The third kappa shape index (κ3) is 5.07. The molecule has 6 rings (SSSR count). The zero-order valence-electron chi connectivity index (χ0n) is 25.7. The first kappa shape index (κ1) is 32.0. The minimum atomic E-state index is -5.87. The Morgan fingerprint density at radius 3 is 2.29 bits per heavy atom. The topological polar surface area (TPSA) is 62.5 Å². The van der Waals surface area contributed by atoms with Gasteiger partial charge in [0.1, 0.15) is 5.60 Å². The van der Waals surface area contributed by atoms with E-state index in [-0.39, 0.29) is 24.2 Å². The highest BCUT2D eigenvalue weighted by molar-refractivity contribution is 5.51. The summed E-state index contributed by atoms with van der Waals surface area (Å²) in [6.07, 6.45) is 0.817. The molecule has 5 aliphatic rings. The van der Waals surface area contributed by atoms with Crippen molar-refractivity contribution in [3.05, 3.63) is 70.3 Å². The van der Waals surface area contributed by atoms with Crippen molar-refractivity contribution < 1.29 is 36.5 Å². The minimum Gasteiger partial charge on any atom is -0.383 e. The summed E-state index contributed by atoms with van der Waals surface area (Å²) >= 11 is 0. The number of hydrogen-bond acceptors (Lipinski definition) is 4. The van der Waals surface area contributed by atoms with E-state index in [2.05, 4.69) is 31.8 Å². The van der Waals surface area contributed by atoms with Crippen LogP contribution in [0.4, 0.5) is 22.0 Å². The lowest BCUT2D eigenvalue weighted by molar-refractivity contribution is -0.362. The van der Waals surface area contributed by atoms with Gasteiger partial charge in [-0.1, -0.05) is 50.3 Å². The molecule has 9 heteroatoms. The Hall–Kier alpha value is -2.98. The summed E-state index contributed by atoms with van der Waals surface area (Å²) in [5, 5.41) is 20.2. The van der Waals surface area contributed by atoms with Crippen molar-refractivity contribution in [2.24, 2.45) is 22.7 Å². The Balaban J connectivity index is 1.45. The Morgan fingerprint density at radius 2 is 1.64 bits per heavy atom. The van der Waals surface area contributed by atoms with Gasteiger partial charge in [0.25, 0.3) is 0 Å². The van der Waals surface area contributed by atoms with Crippen molar-refractivity contribution in [2.75, 3.05) is 13.2 Å². The molecule has 0 bridgehead atoms. The first-order valence-corrected chi connectivity index (χ1v) is 15.6. The molecule has 0 radical (unpaired) electrons. The highest BCUT2D eigenvalue weighted by Crippen LogP contribution is 2.70. The number of allylic oxidation sites excluding steroid dienone is 5. The van der Waals surface area contributed by atoms with Gasteiger partial charge >= 0.3 is 12.1 Å². The highest BCUT2D eigenvalue weighted by Gasteiger charge is 2.79. The molecule has 0 amide bonds. The number of nitrogens with zero attached hydrogens (tertiary/aromatic N) is 1. The molecule has 1 heterocycles. The molecule has 1 N–H and O–H groups in total. The molecule has 1 aromatic carbocycles. The fraction of sp³-hybridized carbons (Fsp3) is 0.583. The molecule has 2 saturated carbocycles. The maximum Gasteiger partial charge on any atom is 0.456 e. The van der Waals surface area contributed by atoms with Crippen LogP contribution in [0, 0.1) is 45.8 Å². The van der Waals surface area contributed by atoms with Crippen LogP contribution in [0.15, 0.2) is 59.2 Å². The summed E-state index contributed by atoms with van der Waals surface area (Å²) in [4.78, 5) is 0. The second-order valence-electron chi connectivity index (χ2n) is 14.4. The lowest BCUT2D eigenvalue weighted by Gasteiger charge is -2.56.